The molecule has 0 spiro atoms. The zero-order valence-corrected chi connectivity index (χ0v) is 11.8. The van der Waals surface area contributed by atoms with Crippen molar-refractivity contribution in [2.24, 2.45) is 0 Å². The summed E-state index contributed by atoms with van der Waals surface area (Å²) in [4.78, 5) is 0. The summed E-state index contributed by atoms with van der Waals surface area (Å²) in [7, 11) is 1.52. The van der Waals surface area contributed by atoms with E-state index >= 15 is 0 Å². The maximum Gasteiger partial charge on any atom is 0.416 e. The molecular formula is C15H12ClF4N. The van der Waals surface area contributed by atoms with E-state index in [-0.39, 0.29) is 10.6 Å². The Labute approximate surface area is 124 Å². The van der Waals surface area contributed by atoms with Crippen LogP contribution in [0, 0.1) is 5.82 Å². The van der Waals surface area contributed by atoms with Gasteiger partial charge in [0.05, 0.1) is 16.6 Å². The fourth-order valence-electron chi connectivity index (χ4n) is 2.20. The van der Waals surface area contributed by atoms with Gasteiger partial charge in [-0.1, -0.05) is 35.9 Å². The van der Waals surface area contributed by atoms with Crippen LogP contribution in [-0.2, 0) is 6.18 Å². The van der Waals surface area contributed by atoms with Crippen molar-refractivity contribution >= 4 is 11.6 Å². The zero-order chi connectivity index (χ0) is 15.6. The standard InChI is InChI=1S/C15H12ClF4N/c1-21-14(9-6-7-12(16)13(17)8-9)10-4-2-3-5-11(10)15(18,19)20/h2-8,14,21H,1H3. The van der Waals surface area contributed by atoms with Gasteiger partial charge in [0.15, 0.2) is 0 Å². The Kier molecular flexibility index (Phi) is 4.54. The van der Waals surface area contributed by atoms with E-state index in [2.05, 4.69) is 5.32 Å². The zero-order valence-electron chi connectivity index (χ0n) is 11.0. The van der Waals surface area contributed by atoms with Crippen molar-refractivity contribution in [2.75, 3.05) is 7.05 Å². The summed E-state index contributed by atoms with van der Waals surface area (Å²) in [6.45, 7) is 0. The van der Waals surface area contributed by atoms with Crippen LogP contribution in [0.5, 0.6) is 0 Å². The van der Waals surface area contributed by atoms with Gasteiger partial charge in [0, 0.05) is 0 Å². The maximum atomic E-state index is 13.5. The van der Waals surface area contributed by atoms with Crippen molar-refractivity contribution in [2.45, 2.75) is 12.2 Å². The van der Waals surface area contributed by atoms with Crippen LogP contribution in [-0.4, -0.2) is 7.05 Å². The van der Waals surface area contributed by atoms with E-state index in [1.807, 2.05) is 0 Å². The molecule has 0 aromatic heterocycles. The lowest BCUT2D eigenvalue weighted by Gasteiger charge is -2.22. The molecule has 1 atom stereocenters. The van der Waals surface area contributed by atoms with E-state index in [9.17, 15) is 17.6 Å². The van der Waals surface area contributed by atoms with Crippen LogP contribution in [0.3, 0.4) is 0 Å². The average molecular weight is 318 g/mol. The van der Waals surface area contributed by atoms with Crippen molar-refractivity contribution < 1.29 is 17.6 Å². The molecule has 0 amide bonds. The third-order valence-corrected chi connectivity index (χ3v) is 3.45. The number of benzene rings is 2. The predicted octanol–water partition coefficient (Wildman–Crippen LogP) is 4.81. The first-order valence-corrected chi connectivity index (χ1v) is 6.50. The van der Waals surface area contributed by atoms with Crippen molar-refractivity contribution in [3.8, 4) is 0 Å². The number of alkyl halides is 3. The first kappa shape index (κ1) is 15.8. The lowest BCUT2D eigenvalue weighted by Crippen LogP contribution is -2.22. The highest BCUT2D eigenvalue weighted by Gasteiger charge is 2.35. The van der Waals surface area contributed by atoms with Crippen LogP contribution in [0.2, 0.25) is 5.02 Å². The van der Waals surface area contributed by atoms with Crippen LogP contribution in [0.15, 0.2) is 42.5 Å². The van der Waals surface area contributed by atoms with E-state index in [4.69, 9.17) is 11.6 Å². The van der Waals surface area contributed by atoms with Crippen LogP contribution in [0.25, 0.3) is 0 Å². The second kappa shape index (κ2) is 6.03. The van der Waals surface area contributed by atoms with Crippen LogP contribution in [0.1, 0.15) is 22.7 Å². The van der Waals surface area contributed by atoms with Gasteiger partial charge < -0.3 is 5.32 Å². The molecule has 0 aliphatic rings. The van der Waals surface area contributed by atoms with Crippen molar-refractivity contribution in [3.63, 3.8) is 0 Å². The van der Waals surface area contributed by atoms with E-state index in [1.165, 1.54) is 37.4 Å². The Balaban J connectivity index is 2.54. The van der Waals surface area contributed by atoms with E-state index in [0.29, 0.717) is 5.56 Å². The smallest absolute Gasteiger partial charge is 0.309 e. The first-order valence-electron chi connectivity index (χ1n) is 6.13. The maximum absolute atomic E-state index is 13.5. The summed E-state index contributed by atoms with van der Waals surface area (Å²) in [6.07, 6.45) is -4.48. The molecule has 112 valence electrons. The molecule has 0 saturated heterocycles. The van der Waals surface area contributed by atoms with Gasteiger partial charge in [-0.25, -0.2) is 4.39 Å². The third-order valence-electron chi connectivity index (χ3n) is 3.14. The summed E-state index contributed by atoms with van der Waals surface area (Å²) < 4.78 is 52.8. The van der Waals surface area contributed by atoms with Crippen molar-refractivity contribution in [3.05, 3.63) is 70.0 Å². The number of hydrogen-bond donors (Lipinski definition) is 1. The predicted molar refractivity (Wildman–Crippen MR) is 73.8 cm³/mol. The Hall–Kier alpha value is -1.59. The second-order valence-electron chi connectivity index (χ2n) is 4.48. The normalized spacial score (nSPS) is 13.2. The van der Waals surface area contributed by atoms with E-state index < -0.39 is 23.6 Å². The average Bonchev–Trinajstić information content (AvgIpc) is 2.43. The molecule has 6 heteroatoms. The van der Waals surface area contributed by atoms with Crippen LogP contribution < -0.4 is 5.32 Å². The van der Waals surface area contributed by atoms with Crippen molar-refractivity contribution in [1.29, 1.82) is 0 Å². The lowest BCUT2D eigenvalue weighted by molar-refractivity contribution is -0.138. The fraction of sp³-hybridized carbons (Fsp3) is 0.200. The molecule has 2 rings (SSSR count). The van der Waals surface area contributed by atoms with Gasteiger partial charge in [-0.3, -0.25) is 0 Å². The van der Waals surface area contributed by atoms with Crippen LogP contribution >= 0.6 is 11.6 Å². The molecule has 1 unspecified atom stereocenters. The molecule has 1 nitrogen and oxygen atoms in total. The Morgan fingerprint density at radius 1 is 1.10 bits per heavy atom. The largest absolute Gasteiger partial charge is 0.416 e. The topological polar surface area (TPSA) is 12.0 Å². The van der Waals surface area contributed by atoms with Gasteiger partial charge in [0.25, 0.3) is 0 Å². The summed E-state index contributed by atoms with van der Waals surface area (Å²) in [5.74, 6) is -0.668. The van der Waals surface area contributed by atoms with Gasteiger partial charge in [-0.2, -0.15) is 13.2 Å². The van der Waals surface area contributed by atoms with Crippen molar-refractivity contribution in [1.82, 2.24) is 5.32 Å². The van der Waals surface area contributed by atoms with E-state index in [0.717, 1.165) is 12.1 Å². The first-order chi connectivity index (χ1) is 9.84. The fourth-order valence-corrected chi connectivity index (χ4v) is 2.32. The van der Waals surface area contributed by atoms with E-state index in [1.54, 1.807) is 0 Å². The molecule has 0 heterocycles. The summed E-state index contributed by atoms with van der Waals surface area (Å²) in [5.41, 5.74) is -0.343. The molecule has 0 aliphatic heterocycles. The minimum absolute atomic E-state index is 0.0363. The Morgan fingerprint density at radius 3 is 2.33 bits per heavy atom. The van der Waals surface area contributed by atoms with Gasteiger partial charge in [0.2, 0.25) is 0 Å². The minimum atomic E-state index is -4.48. The molecule has 21 heavy (non-hydrogen) atoms. The number of nitrogens with one attached hydrogen (secondary N) is 1. The molecule has 0 bridgehead atoms. The Morgan fingerprint density at radius 2 is 1.76 bits per heavy atom. The Bertz CT molecular complexity index is 640. The van der Waals surface area contributed by atoms with Gasteiger partial charge in [-0.05, 0) is 36.4 Å². The highest BCUT2D eigenvalue weighted by molar-refractivity contribution is 6.30. The monoisotopic (exact) mass is 317 g/mol. The number of rotatable bonds is 3. The number of halogens is 5. The van der Waals surface area contributed by atoms with Gasteiger partial charge in [0.1, 0.15) is 5.82 Å². The quantitative estimate of drug-likeness (QED) is 0.801. The van der Waals surface area contributed by atoms with Gasteiger partial charge in [-0.15, -0.1) is 0 Å². The molecule has 0 aliphatic carbocycles. The molecule has 2 aromatic rings. The summed E-state index contributed by atoms with van der Waals surface area (Å²) >= 11 is 5.60. The molecule has 0 radical (unpaired) electrons. The van der Waals surface area contributed by atoms with Crippen LogP contribution in [0.4, 0.5) is 17.6 Å². The lowest BCUT2D eigenvalue weighted by atomic mass is 9.94. The molecule has 0 fully saturated rings. The summed E-state index contributed by atoms with van der Waals surface area (Å²) in [6, 6.07) is 8.39. The number of hydrogen-bond acceptors (Lipinski definition) is 1. The SMILES string of the molecule is CNC(c1ccc(Cl)c(F)c1)c1ccccc1C(F)(F)F. The second-order valence-corrected chi connectivity index (χ2v) is 4.89. The molecule has 1 N–H and O–H groups in total. The van der Waals surface area contributed by atoms with Gasteiger partial charge >= 0.3 is 6.18 Å². The third kappa shape index (κ3) is 3.36. The molecule has 0 saturated carbocycles. The summed E-state index contributed by atoms with van der Waals surface area (Å²) in [5, 5.41) is 2.71. The molecule has 2 aromatic carbocycles. The highest BCUT2D eigenvalue weighted by Crippen LogP contribution is 2.36. The molecular weight excluding hydrogens is 306 g/mol. The highest BCUT2D eigenvalue weighted by atomic mass is 35.5. The minimum Gasteiger partial charge on any atom is -0.309 e.